The second-order valence-corrected chi connectivity index (χ2v) is 6.56. The van der Waals surface area contributed by atoms with Crippen molar-refractivity contribution in [3.05, 3.63) is 47.8 Å². The van der Waals surface area contributed by atoms with Gasteiger partial charge in [-0.2, -0.15) is 0 Å². The van der Waals surface area contributed by atoms with Crippen LogP contribution in [-0.4, -0.2) is 42.2 Å². The number of methoxy groups -OCH3 is 1. The number of aryl methyl sites for hydroxylation is 2. The van der Waals surface area contributed by atoms with Crippen LogP contribution in [0.1, 0.15) is 24.0 Å². The third-order valence-electron chi connectivity index (χ3n) is 4.60. The van der Waals surface area contributed by atoms with Gasteiger partial charge in [0.2, 0.25) is 0 Å². The Balaban J connectivity index is 1.54. The van der Waals surface area contributed by atoms with E-state index in [1.165, 1.54) is 0 Å². The van der Waals surface area contributed by atoms with Gasteiger partial charge in [0.05, 0.1) is 7.11 Å². The van der Waals surface area contributed by atoms with Crippen molar-refractivity contribution < 1.29 is 14.3 Å². The molecule has 0 saturated carbocycles. The first kappa shape index (κ1) is 18.0. The van der Waals surface area contributed by atoms with Crippen molar-refractivity contribution in [1.82, 2.24) is 9.88 Å². The Morgan fingerprint density at radius 2 is 1.77 bits per heavy atom. The summed E-state index contributed by atoms with van der Waals surface area (Å²) in [7, 11) is 1.66. The third-order valence-corrected chi connectivity index (χ3v) is 4.60. The van der Waals surface area contributed by atoms with E-state index in [0.29, 0.717) is 13.1 Å². The summed E-state index contributed by atoms with van der Waals surface area (Å²) in [6, 6.07) is 7.50. The second kappa shape index (κ2) is 8.08. The molecule has 2 amide bonds. The lowest BCUT2D eigenvalue weighted by Crippen LogP contribution is -2.43. The van der Waals surface area contributed by atoms with E-state index >= 15 is 0 Å². The number of nitrogens with one attached hydrogen (secondary N) is 1. The fourth-order valence-corrected chi connectivity index (χ4v) is 3.33. The highest BCUT2D eigenvalue weighted by Gasteiger charge is 2.24. The quantitative estimate of drug-likeness (QED) is 0.906. The van der Waals surface area contributed by atoms with Crippen molar-refractivity contribution >= 4 is 11.7 Å². The van der Waals surface area contributed by atoms with E-state index < -0.39 is 0 Å². The molecule has 2 aromatic rings. The minimum absolute atomic E-state index is 0.0728. The van der Waals surface area contributed by atoms with E-state index in [-0.39, 0.29) is 12.1 Å². The van der Waals surface area contributed by atoms with Gasteiger partial charge in [-0.25, -0.2) is 4.79 Å². The van der Waals surface area contributed by atoms with Crippen LogP contribution < -0.4 is 14.8 Å². The molecule has 1 aliphatic rings. The highest BCUT2D eigenvalue weighted by atomic mass is 16.5. The number of benzene rings is 1. The number of ether oxygens (including phenoxy) is 2. The van der Waals surface area contributed by atoms with Gasteiger partial charge in [-0.3, -0.25) is 4.98 Å². The summed E-state index contributed by atoms with van der Waals surface area (Å²) in [4.78, 5) is 18.4. The zero-order valence-corrected chi connectivity index (χ0v) is 15.5. The summed E-state index contributed by atoms with van der Waals surface area (Å²) in [5.41, 5.74) is 2.81. The topological polar surface area (TPSA) is 63.7 Å². The molecule has 138 valence electrons. The zero-order valence-electron chi connectivity index (χ0n) is 15.5. The lowest BCUT2D eigenvalue weighted by molar-refractivity contribution is 0.115. The predicted molar refractivity (Wildman–Crippen MR) is 101 cm³/mol. The minimum Gasteiger partial charge on any atom is -0.496 e. The summed E-state index contributed by atoms with van der Waals surface area (Å²) >= 11 is 0. The van der Waals surface area contributed by atoms with Crippen molar-refractivity contribution in [3.8, 4) is 11.5 Å². The number of anilines is 1. The molecule has 6 nitrogen and oxygen atoms in total. The summed E-state index contributed by atoms with van der Waals surface area (Å²) in [5, 5.41) is 2.99. The van der Waals surface area contributed by atoms with Gasteiger partial charge in [0.1, 0.15) is 17.6 Å². The van der Waals surface area contributed by atoms with Crippen LogP contribution in [0.15, 0.2) is 36.7 Å². The van der Waals surface area contributed by atoms with Gasteiger partial charge < -0.3 is 19.7 Å². The largest absolute Gasteiger partial charge is 0.496 e. The van der Waals surface area contributed by atoms with Gasteiger partial charge in [-0.15, -0.1) is 0 Å². The number of likely N-dealkylation sites (tertiary alicyclic amines) is 1. The summed E-state index contributed by atoms with van der Waals surface area (Å²) in [6.07, 6.45) is 5.20. The smallest absolute Gasteiger partial charge is 0.321 e. The molecule has 1 aliphatic heterocycles. The molecule has 1 aromatic heterocycles. The molecule has 0 spiro atoms. The van der Waals surface area contributed by atoms with Crippen molar-refractivity contribution in [2.45, 2.75) is 32.8 Å². The van der Waals surface area contributed by atoms with Gasteiger partial charge in [-0.05, 0) is 49.2 Å². The van der Waals surface area contributed by atoms with Crippen LogP contribution in [0.25, 0.3) is 0 Å². The van der Waals surface area contributed by atoms with Crippen LogP contribution in [0, 0.1) is 13.8 Å². The average molecular weight is 355 g/mol. The van der Waals surface area contributed by atoms with Gasteiger partial charge in [0, 0.05) is 44.0 Å². The highest BCUT2D eigenvalue weighted by molar-refractivity contribution is 5.89. The molecule has 1 aromatic carbocycles. The molecule has 1 N–H and O–H groups in total. The van der Waals surface area contributed by atoms with E-state index in [4.69, 9.17) is 9.47 Å². The molecule has 6 heteroatoms. The van der Waals surface area contributed by atoms with Crippen LogP contribution >= 0.6 is 0 Å². The molecular weight excluding hydrogens is 330 g/mol. The summed E-state index contributed by atoms with van der Waals surface area (Å²) in [6.45, 7) is 5.30. The van der Waals surface area contributed by atoms with Crippen LogP contribution in [-0.2, 0) is 0 Å². The van der Waals surface area contributed by atoms with Crippen molar-refractivity contribution in [2.75, 3.05) is 25.5 Å². The van der Waals surface area contributed by atoms with Crippen LogP contribution in [0.4, 0.5) is 10.5 Å². The van der Waals surface area contributed by atoms with E-state index in [2.05, 4.69) is 10.3 Å². The van der Waals surface area contributed by atoms with Crippen LogP contribution in [0.5, 0.6) is 11.5 Å². The zero-order chi connectivity index (χ0) is 18.5. The summed E-state index contributed by atoms with van der Waals surface area (Å²) in [5.74, 6) is 1.68. The molecule has 0 aliphatic carbocycles. The molecule has 0 radical (unpaired) electrons. The van der Waals surface area contributed by atoms with Crippen molar-refractivity contribution in [1.29, 1.82) is 0 Å². The molecular formula is C20H25N3O3. The molecule has 3 rings (SSSR count). The van der Waals surface area contributed by atoms with Crippen LogP contribution in [0.3, 0.4) is 0 Å². The molecule has 1 fully saturated rings. The fourth-order valence-electron chi connectivity index (χ4n) is 3.33. The second-order valence-electron chi connectivity index (χ2n) is 6.56. The number of amides is 2. The first-order chi connectivity index (χ1) is 12.6. The van der Waals surface area contributed by atoms with Crippen molar-refractivity contribution in [2.24, 2.45) is 0 Å². The number of pyridine rings is 1. The first-order valence-electron chi connectivity index (χ1n) is 8.84. The third kappa shape index (κ3) is 4.25. The van der Waals surface area contributed by atoms with E-state index in [0.717, 1.165) is 41.2 Å². The van der Waals surface area contributed by atoms with Crippen molar-refractivity contribution in [3.63, 3.8) is 0 Å². The summed E-state index contributed by atoms with van der Waals surface area (Å²) < 4.78 is 11.3. The molecule has 0 atom stereocenters. The standard InChI is InChI=1S/C20H25N3O3/c1-14-12-16(13-15(2)19(14)25-3)22-20(24)23-10-6-18(7-11-23)26-17-4-8-21-9-5-17/h4-5,8-9,12-13,18H,6-7,10-11H2,1-3H3,(H,22,24). The Kier molecular flexibility index (Phi) is 5.61. The number of hydrogen-bond donors (Lipinski definition) is 1. The van der Waals surface area contributed by atoms with Crippen LogP contribution in [0.2, 0.25) is 0 Å². The number of carbonyl (C=O) groups excluding carboxylic acids is 1. The number of nitrogens with zero attached hydrogens (tertiary/aromatic N) is 2. The number of hydrogen-bond acceptors (Lipinski definition) is 4. The van der Waals surface area contributed by atoms with Gasteiger partial charge >= 0.3 is 6.03 Å². The number of urea groups is 1. The molecule has 26 heavy (non-hydrogen) atoms. The SMILES string of the molecule is COc1c(C)cc(NC(=O)N2CCC(Oc3ccncc3)CC2)cc1C. The van der Waals surface area contributed by atoms with Gasteiger partial charge in [-0.1, -0.05) is 0 Å². The maximum Gasteiger partial charge on any atom is 0.321 e. The molecule has 2 heterocycles. The minimum atomic E-state index is -0.0728. The lowest BCUT2D eigenvalue weighted by Gasteiger charge is -2.32. The predicted octanol–water partition coefficient (Wildman–Crippen LogP) is 3.78. The van der Waals surface area contributed by atoms with Gasteiger partial charge in [0.15, 0.2) is 0 Å². The molecule has 1 saturated heterocycles. The monoisotopic (exact) mass is 355 g/mol. The Morgan fingerprint density at radius 3 is 2.35 bits per heavy atom. The average Bonchev–Trinajstić information content (AvgIpc) is 2.63. The Bertz CT molecular complexity index is 733. The Morgan fingerprint density at radius 1 is 1.15 bits per heavy atom. The molecule has 0 unspecified atom stereocenters. The number of carbonyl (C=O) groups is 1. The lowest BCUT2D eigenvalue weighted by atomic mass is 10.1. The number of piperidine rings is 1. The van der Waals surface area contributed by atoms with E-state index in [1.54, 1.807) is 19.5 Å². The highest BCUT2D eigenvalue weighted by Crippen LogP contribution is 2.27. The van der Waals surface area contributed by atoms with E-state index in [1.807, 2.05) is 43.0 Å². The van der Waals surface area contributed by atoms with Gasteiger partial charge in [0.25, 0.3) is 0 Å². The Hall–Kier alpha value is -2.76. The molecule has 0 bridgehead atoms. The maximum atomic E-state index is 12.5. The Labute approximate surface area is 154 Å². The van der Waals surface area contributed by atoms with E-state index in [9.17, 15) is 4.79 Å². The number of aromatic nitrogens is 1. The number of rotatable bonds is 4. The normalized spacial score (nSPS) is 14.8. The maximum absolute atomic E-state index is 12.5. The first-order valence-corrected chi connectivity index (χ1v) is 8.84. The fraction of sp³-hybridized carbons (Fsp3) is 0.400.